The van der Waals surface area contributed by atoms with Crippen molar-refractivity contribution in [1.82, 2.24) is 5.84 Å². The van der Waals surface area contributed by atoms with Crippen molar-refractivity contribution in [3.63, 3.8) is 0 Å². The Labute approximate surface area is 61.8 Å². The van der Waals surface area contributed by atoms with Crippen LogP contribution in [0.4, 0.5) is 5.69 Å². The lowest BCUT2D eigenvalue weighted by molar-refractivity contribution is 0.100. The molecule has 0 atom stereocenters. The molecule has 2 radical (unpaired) electrons. The monoisotopic (exact) mass is 155 g/mol. The highest BCUT2D eigenvalue weighted by Gasteiger charge is 2.07. The fourth-order valence-electron chi connectivity index (χ4n) is 0.588. The van der Waals surface area contributed by atoms with Crippen LogP contribution in [-0.4, -0.2) is 5.91 Å². The van der Waals surface area contributed by atoms with Gasteiger partial charge in [0.15, 0.2) is 0 Å². The highest BCUT2D eigenvalue weighted by atomic mass is 32.1. The van der Waals surface area contributed by atoms with Gasteiger partial charge in [-0.1, -0.05) is 0 Å². The number of hydrogen-bond donors (Lipinski definition) is 2. The number of nitrogens with zero attached hydrogens (tertiary/aromatic N) is 1. The van der Waals surface area contributed by atoms with E-state index in [4.69, 9.17) is 11.6 Å². The molecule has 0 unspecified atom stereocenters. The number of nitrogens with two attached hydrogens (primary N) is 1. The second-order valence-electron chi connectivity index (χ2n) is 1.64. The highest BCUT2D eigenvalue weighted by molar-refractivity contribution is 7.12. The standard InChI is InChI=1S/C5H5N3OS/c6-5(9)4-3(8-7)1-2-10-4/h1-2,8H,(H2,6,9). The van der Waals surface area contributed by atoms with Gasteiger partial charge in [0.2, 0.25) is 0 Å². The number of hydrogen-bond acceptors (Lipinski definition) is 3. The van der Waals surface area contributed by atoms with Crippen molar-refractivity contribution >= 4 is 22.9 Å². The molecule has 4 nitrogen and oxygen atoms in total. The third-order valence-electron chi connectivity index (χ3n) is 1.01. The van der Waals surface area contributed by atoms with E-state index in [-0.39, 0.29) is 0 Å². The largest absolute Gasteiger partial charge is 0.365 e. The molecule has 1 aromatic rings. The van der Waals surface area contributed by atoms with E-state index in [0.29, 0.717) is 10.6 Å². The van der Waals surface area contributed by atoms with Gasteiger partial charge in [0.25, 0.3) is 5.91 Å². The minimum atomic E-state index is -0.536. The number of anilines is 1. The van der Waals surface area contributed by atoms with Crippen LogP contribution in [0.15, 0.2) is 11.4 Å². The fourth-order valence-corrected chi connectivity index (χ4v) is 1.29. The molecule has 1 rings (SSSR count). The van der Waals surface area contributed by atoms with Gasteiger partial charge in [-0.25, -0.2) is 0 Å². The summed E-state index contributed by atoms with van der Waals surface area (Å²) >= 11 is 1.19. The normalized spacial score (nSPS) is 9.30. The molecule has 0 aliphatic rings. The summed E-state index contributed by atoms with van der Waals surface area (Å²) in [5.41, 5.74) is 7.18. The van der Waals surface area contributed by atoms with Crippen LogP contribution in [0.1, 0.15) is 9.67 Å². The van der Waals surface area contributed by atoms with Crippen molar-refractivity contribution in [2.24, 2.45) is 5.73 Å². The molecule has 0 aliphatic carbocycles. The number of carbonyl (C=O) groups is 1. The summed E-state index contributed by atoms with van der Waals surface area (Å²) in [6.45, 7) is 0. The SMILES string of the molecule is [N]Nc1ccsc1C(N)=O. The maximum atomic E-state index is 10.5. The van der Waals surface area contributed by atoms with E-state index < -0.39 is 5.91 Å². The first-order valence-corrected chi connectivity index (χ1v) is 3.41. The van der Waals surface area contributed by atoms with Crippen LogP contribution in [0, 0.1) is 0 Å². The quantitative estimate of drug-likeness (QED) is 0.600. The summed E-state index contributed by atoms with van der Waals surface area (Å²) in [5, 5.41) is 1.67. The molecule has 0 aliphatic heterocycles. The molecular formula is C5H5N3OS. The zero-order chi connectivity index (χ0) is 7.56. The molecular weight excluding hydrogens is 150 g/mol. The van der Waals surface area contributed by atoms with Gasteiger partial charge in [0, 0.05) is 0 Å². The predicted molar refractivity (Wildman–Crippen MR) is 38.6 cm³/mol. The van der Waals surface area contributed by atoms with Crippen molar-refractivity contribution in [2.45, 2.75) is 0 Å². The molecule has 1 amide bonds. The summed E-state index contributed by atoms with van der Waals surface area (Å²) in [4.78, 5) is 10.9. The van der Waals surface area contributed by atoms with Crippen LogP contribution in [0.3, 0.4) is 0 Å². The molecule has 52 valence electrons. The third-order valence-corrected chi connectivity index (χ3v) is 1.94. The Bertz CT molecular complexity index is 245. The fraction of sp³-hybridized carbons (Fsp3) is 0. The summed E-state index contributed by atoms with van der Waals surface area (Å²) < 4.78 is 0. The van der Waals surface area contributed by atoms with Crippen molar-refractivity contribution in [3.8, 4) is 0 Å². The molecule has 5 heteroatoms. The molecule has 1 aromatic heterocycles. The van der Waals surface area contributed by atoms with Crippen LogP contribution in [-0.2, 0) is 0 Å². The van der Waals surface area contributed by atoms with Crippen molar-refractivity contribution in [2.75, 3.05) is 5.43 Å². The minimum Gasteiger partial charge on any atom is -0.365 e. The number of primary amides is 1. The lowest BCUT2D eigenvalue weighted by atomic mass is 10.4. The van der Waals surface area contributed by atoms with Gasteiger partial charge in [-0.2, -0.15) is 0 Å². The van der Waals surface area contributed by atoms with Gasteiger partial charge in [0.1, 0.15) is 4.88 Å². The lowest BCUT2D eigenvalue weighted by Crippen LogP contribution is -2.11. The molecule has 0 bridgehead atoms. The van der Waals surface area contributed by atoms with E-state index in [9.17, 15) is 4.79 Å². The summed E-state index contributed by atoms with van der Waals surface area (Å²) in [5.74, 6) is 7.87. The second kappa shape index (κ2) is 2.68. The van der Waals surface area contributed by atoms with Crippen molar-refractivity contribution < 1.29 is 4.79 Å². The maximum absolute atomic E-state index is 10.5. The van der Waals surface area contributed by atoms with E-state index in [1.165, 1.54) is 11.3 Å². The minimum absolute atomic E-state index is 0.336. The molecule has 10 heavy (non-hydrogen) atoms. The van der Waals surface area contributed by atoms with Gasteiger partial charge in [-0.05, 0) is 17.3 Å². The topological polar surface area (TPSA) is 77.4 Å². The highest BCUT2D eigenvalue weighted by Crippen LogP contribution is 2.19. The van der Waals surface area contributed by atoms with E-state index in [1.807, 2.05) is 5.43 Å². The Kier molecular flexibility index (Phi) is 1.88. The molecule has 1 heterocycles. The van der Waals surface area contributed by atoms with Gasteiger partial charge >= 0.3 is 0 Å². The molecule has 3 N–H and O–H groups in total. The molecule has 0 saturated heterocycles. The summed E-state index contributed by atoms with van der Waals surface area (Å²) in [6, 6.07) is 1.57. The molecule has 0 spiro atoms. The number of nitrogens with one attached hydrogen (secondary N) is 1. The van der Waals surface area contributed by atoms with Gasteiger partial charge in [-0.3, -0.25) is 10.2 Å². The van der Waals surface area contributed by atoms with E-state index in [2.05, 4.69) is 0 Å². The van der Waals surface area contributed by atoms with E-state index >= 15 is 0 Å². The Morgan fingerprint density at radius 1 is 1.80 bits per heavy atom. The maximum Gasteiger partial charge on any atom is 0.260 e. The second-order valence-corrected chi connectivity index (χ2v) is 2.56. The zero-order valence-electron chi connectivity index (χ0n) is 5.00. The van der Waals surface area contributed by atoms with Crippen molar-refractivity contribution in [1.29, 1.82) is 0 Å². The van der Waals surface area contributed by atoms with E-state index in [0.717, 1.165) is 0 Å². The Balaban J connectivity index is 3.01. The summed E-state index contributed by atoms with van der Waals surface area (Å²) in [6.07, 6.45) is 0. The zero-order valence-corrected chi connectivity index (χ0v) is 5.81. The number of amides is 1. The Hall–Kier alpha value is -1.07. The van der Waals surface area contributed by atoms with Gasteiger partial charge in [-0.15, -0.1) is 11.3 Å². The number of thiophene rings is 1. The van der Waals surface area contributed by atoms with Crippen LogP contribution in [0.25, 0.3) is 0 Å². The summed E-state index contributed by atoms with van der Waals surface area (Å²) in [7, 11) is 0. The van der Waals surface area contributed by atoms with Crippen LogP contribution < -0.4 is 17.0 Å². The Morgan fingerprint density at radius 2 is 2.50 bits per heavy atom. The van der Waals surface area contributed by atoms with E-state index in [1.54, 1.807) is 11.4 Å². The van der Waals surface area contributed by atoms with Gasteiger partial charge in [0.05, 0.1) is 5.69 Å². The average molecular weight is 155 g/mol. The first-order chi connectivity index (χ1) is 4.75. The van der Waals surface area contributed by atoms with Crippen LogP contribution in [0.5, 0.6) is 0 Å². The lowest BCUT2D eigenvalue weighted by Gasteiger charge is -1.93. The van der Waals surface area contributed by atoms with Gasteiger partial charge < -0.3 is 5.73 Å². The average Bonchev–Trinajstić information content (AvgIpc) is 2.33. The Morgan fingerprint density at radius 3 is 2.90 bits per heavy atom. The number of carbonyl (C=O) groups excluding carboxylic acids is 1. The molecule has 0 fully saturated rings. The number of rotatable bonds is 2. The molecule has 0 saturated carbocycles. The third kappa shape index (κ3) is 1.09. The first kappa shape index (κ1) is 7.04. The van der Waals surface area contributed by atoms with Crippen molar-refractivity contribution in [3.05, 3.63) is 16.3 Å². The van der Waals surface area contributed by atoms with Crippen LogP contribution >= 0.6 is 11.3 Å². The smallest absolute Gasteiger partial charge is 0.260 e. The first-order valence-electron chi connectivity index (χ1n) is 2.53. The molecule has 0 aromatic carbocycles. The predicted octanol–water partition coefficient (Wildman–Crippen LogP) is 0.243. The van der Waals surface area contributed by atoms with Crippen LogP contribution in [0.2, 0.25) is 0 Å².